The van der Waals surface area contributed by atoms with Crippen molar-refractivity contribution in [3.63, 3.8) is 0 Å². The fourth-order valence-electron chi connectivity index (χ4n) is 3.52. The highest BCUT2D eigenvalue weighted by Crippen LogP contribution is 2.39. The number of rotatable bonds is 6. The normalized spacial score (nSPS) is 18.7. The molecule has 1 unspecified atom stereocenters. The molecule has 1 amide bonds. The lowest BCUT2D eigenvalue weighted by Gasteiger charge is -2.25. The Morgan fingerprint density at radius 1 is 1.21 bits per heavy atom. The van der Waals surface area contributed by atoms with Crippen molar-refractivity contribution in [1.82, 2.24) is 24.8 Å². The molecule has 0 aromatic carbocycles. The molecule has 1 saturated heterocycles. The standard InChI is InChI=1S/C21H25N5O3/c1-13-16(12-23-14(2)24-13)19(27)17-18(15-6-8-22-9-7-15)26(21(29)20(17)28)11-5-10-25(3)4/h6-9,12,18,27H,5,10-11H2,1-4H3. The van der Waals surface area contributed by atoms with Gasteiger partial charge in [-0.15, -0.1) is 0 Å². The largest absolute Gasteiger partial charge is 0.507 e. The quantitative estimate of drug-likeness (QED) is 0.453. The molecular weight excluding hydrogens is 370 g/mol. The summed E-state index contributed by atoms with van der Waals surface area (Å²) in [5.41, 5.74) is 1.67. The van der Waals surface area contributed by atoms with Crippen molar-refractivity contribution in [3.8, 4) is 0 Å². The predicted molar refractivity (Wildman–Crippen MR) is 108 cm³/mol. The number of hydrogen-bond donors (Lipinski definition) is 1. The van der Waals surface area contributed by atoms with Crippen LogP contribution < -0.4 is 0 Å². The summed E-state index contributed by atoms with van der Waals surface area (Å²) in [5.74, 6) is -1.00. The van der Waals surface area contributed by atoms with E-state index >= 15 is 0 Å². The number of amides is 1. The van der Waals surface area contributed by atoms with Gasteiger partial charge in [0.2, 0.25) is 0 Å². The number of nitrogens with zero attached hydrogens (tertiary/aromatic N) is 5. The van der Waals surface area contributed by atoms with Crippen molar-refractivity contribution in [1.29, 1.82) is 0 Å². The van der Waals surface area contributed by atoms with Gasteiger partial charge in [0.05, 0.1) is 22.9 Å². The first-order valence-corrected chi connectivity index (χ1v) is 9.45. The second-order valence-electron chi connectivity index (χ2n) is 7.35. The molecule has 0 spiro atoms. The molecule has 1 aliphatic rings. The number of ketones is 1. The number of carbonyl (C=O) groups excluding carboxylic acids is 2. The Balaban J connectivity index is 2.10. The van der Waals surface area contributed by atoms with Gasteiger partial charge in [0.1, 0.15) is 11.6 Å². The van der Waals surface area contributed by atoms with E-state index in [4.69, 9.17) is 0 Å². The van der Waals surface area contributed by atoms with Gasteiger partial charge in [0, 0.05) is 25.1 Å². The lowest BCUT2D eigenvalue weighted by Crippen LogP contribution is -2.32. The Hall–Kier alpha value is -3.13. The molecular formula is C21H25N5O3. The van der Waals surface area contributed by atoms with Crippen LogP contribution in [-0.4, -0.2) is 68.7 Å². The molecule has 8 nitrogen and oxygen atoms in total. The summed E-state index contributed by atoms with van der Waals surface area (Å²) in [7, 11) is 3.91. The third kappa shape index (κ3) is 4.17. The van der Waals surface area contributed by atoms with Gasteiger partial charge >= 0.3 is 0 Å². The van der Waals surface area contributed by atoms with E-state index in [0.29, 0.717) is 30.0 Å². The summed E-state index contributed by atoms with van der Waals surface area (Å²) in [6.07, 6.45) is 5.40. The third-order valence-electron chi connectivity index (χ3n) is 4.92. The molecule has 0 saturated carbocycles. The highest BCUT2D eigenvalue weighted by Gasteiger charge is 2.46. The van der Waals surface area contributed by atoms with E-state index in [1.807, 2.05) is 19.0 Å². The van der Waals surface area contributed by atoms with Gasteiger partial charge in [-0.25, -0.2) is 9.97 Å². The molecule has 1 atom stereocenters. The summed E-state index contributed by atoms with van der Waals surface area (Å²) in [5, 5.41) is 11.0. The molecule has 2 aromatic rings. The van der Waals surface area contributed by atoms with Crippen LogP contribution in [-0.2, 0) is 9.59 Å². The van der Waals surface area contributed by atoms with Gasteiger partial charge in [-0.1, -0.05) is 0 Å². The third-order valence-corrected chi connectivity index (χ3v) is 4.92. The van der Waals surface area contributed by atoms with Crippen LogP contribution in [0.15, 0.2) is 36.3 Å². The predicted octanol–water partition coefficient (Wildman–Crippen LogP) is 1.86. The molecule has 0 aliphatic carbocycles. The van der Waals surface area contributed by atoms with E-state index in [1.54, 1.807) is 38.4 Å². The van der Waals surface area contributed by atoms with E-state index in [9.17, 15) is 14.7 Å². The molecule has 29 heavy (non-hydrogen) atoms. The second kappa shape index (κ2) is 8.48. The topological polar surface area (TPSA) is 99.5 Å². The number of aryl methyl sites for hydroxylation is 2. The average molecular weight is 395 g/mol. The van der Waals surface area contributed by atoms with Crippen molar-refractivity contribution in [3.05, 3.63) is 58.9 Å². The SMILES string of the molecule is Cc1ncc(C(O)=C2C(=O)C(=O)N(CCCN(C)C)C2c2ccncc2)c(C)n1. The van der Waals surface area contributed by atoms with Crippen molar-refractivity contribution in [2.45, 2.75) is 26.3 Å². The fourth-order valence-corrected chi connectivity index (χ4v) is 3.52. The summed E-state index contributed by atoms with van der Waals surface area (Å²) in [6, 6.07) is 2.82. The Labute approximate surface area is 169 Å². The first-order valence-electron chi connectivity index (χ1n) is 9.45. The van der Waals surface area contributed by atoms with Crippen LogP contribution in [0.25, 0.3) is 5.76 Å². The van der Waals surface area contributed by atoms with E-state index in [0.717, 1.165) is 12.1 Å². The molecule has 2 aromatic heterocycles. The molecule has 1 fully saturated rings. The van der Waals surface area contributed by atoms with Crippen LogP contribution in [0.5, 0.6) is 0 Å². The van der Waals surface area contributed by atoms with Crippen molar-refractivity contribution in [2.75, 3.05) is 27.2 Å². The zero-order valence-electron chi connectivity index (χ0n) is 17.1. The van der Waals surface area contributed by atoms with Crippen molar-refractivity contribution >= 4 is 17.4 Å². The van der Waals surface area contributed by atoms with Crippen molar-refractivity contribution in [2.24, 2.45) is 0 Å². The minimum Gasteiger partial charge on any atom is -0.507 e. The second-order valence-corrected chi connectivity index (χ2v) is 7.35. The number of Topliss-reactive ketones (excluding diaryl/α,β-unsaturated/α-hetero) is 1. The maximum atomic E-state index is 12.9. The van der Waals surface area contributed by atoms with Crippen LogP contribution >= 0.6 is 0 Å². The summed E-state index contributed by atoms with van der Waals surface area (Å²) in [4.78, 5) is 41.7. The molecule has 3 rings (SSSR count). The summed E-state index contributed by atoms with van der Waals surface area (Å²) in [6.45, 7) is 4.66. The van der Waals surface area contributed by atoms with E-state index in [2.05, 4.69) is 15.0 Å². The highest BCUT2D eigenvalue weighted by molar-refractivity contribution is 6.46. The van der Waals surface area contributed by atoms with Crippen LogP contribution in [0.1, 0.15) is 35.1 Å². The first kappa shape index (κ1) is 20.6. The average Bonchev–Trinajstić information content (AvgIpc) is 2.93. The molecule has 1 aliphatic heterocycles. The van der Waals surface area contributed by atoms with E-state index in [1.165, 1.54) is 11.1 Å². The van der Waals surface area contributed by atoms with Crippen LogP contribution in [0, 0.1) is 13.8 Å². The maximum absolute atomic E-state index is 12.9. The lowest BCUT2D eigenvalue weighted by atomic mass is 9.96. The van der Waals surface area contributed by atoms with Gasteiger partial charge < -0.3 is 14.9 Å². The first-order chi connectivity index (χ1) is 13.8. The van der Waals surface area contributed by atoms with Crippen LogP contribution in [0.2, 0.25) is 0 Å². The number of aliphatic hydroxyl groups is 1. The number of hydrogen-bond acceptors (Lipinski definition) is 7. The Morgan fingerprint density at radius 2 is 1.90 bits per heavy atom. The van der Waals surface area contributed by atoms with Crippen molar-refractivity contribution < 1.29 is 14.7 Å². The zero-order chi connectivity index (χ0) is 21.1. The number of likely N-dealkylation sites (tertiary alicyclic amines) is 1. The maximum Gasteiger partial charge on any atom is 0.295 e. The molecule has 1 N–H and O–H groups in total. The summed E-state index contributed by atoms with van der Waals surface area (Å²) >= 11 is 0. The minimum atomic E-state index is -0.700. The molecule has 0 radical (unpaired) electrons. The molecule has 0 bridgehead atoms. The number of aliphatic hydroxyl groups excluding tert-OH is 1. The smallest absolute Gasteiger partial charge is 0.295 e. The zero-order valence-corrected chi connectivity index (χ0v) is 17.1. The van der Waals surface area contributed by atoms with Gasteiger partial charge in [-0.05, 0) is 58.6 Å². The molecule has 8 heteroatoms. The lowest BCUT2D eigenvalue weighted by molar-refractivity contribution is -0.139. The summed E-state index contributed by atoms with van der Waals surface area (Å²) < 4.78 is 0. The number of pyridine rings is 1. The number of aromatic nitrogens is 3. The van der Waals surface area contributed by atoms with Gasteiger partial charge in [-0.3, -0.25) is 14.6 Å². The minimum absolute atomic E-state index is 0.0570. The monoisotopic (exact) mass is 395 g/mol. The Morgan fingerprint density at radius 3 is 2.52 bits per heavy atom. The molecule has 3 heterocycles. The highest BCUT2D eigenvalue weighted by atomic mass is 16.3. The Kier molecular flexibility index (Phi) is 6.03. The number of carbonyl (C=O) groups is 2. The van der Waals surface area contributed by atoms with E-state index < -0.39 is 17.7 Å². The van der Waals surface area contributed by atoms with Gasteiger partial charge in [0.15, 0.2) is 0 Å². The van der Waals surface area contributed by atoms with Gasteiger partial charge in [-0.2, -0.15) is 0 Å². The van der Waals surface area contributed by atoms with E-state index in [-0.39, 0.29) is 11.3 Å². The molecule has 152 valence electrons. The van der Waals surface area contributed by atoms with Crippen LogP contribution in [0.4, 0.5) is 0 Å². The Bertz CT molecular complexity index is 956. The van der Waals surface area contributed by atoms with Gasteiger partial charge in [0.25, 0.3) is 11.7 Å². The van der Waals surface area contributed by atoms with Crippen LogP contribution in [0.3, 0.4) is 0 Å². The fraction of sp³-hybridized carbons (Fsp3) is 0.381.